The van der Waals surface area contributed by atoms with Crippen LogP contribution in [-0.2, 0) is 4.79 Å². The molecule has 0 fully saturated rings. The van der Waals surface area contributed by atoms with Crippen molar-refractivity contribution in [2.45, 2.75) is 0 Å². The molecule has 0 heterocycles. The van der Waals surface area contributed by atoms with E-state index in [1.165, 1.54) is 9.80 Å². The van der Waals surface area contributed by atoms with E-state index < -0.39 is 0 Å². The molecule has 0 radical (unpaired) electrons. The summed E-state index contributed by atoms with van der Waals surface area (Å²) in [5, 5.41) is 0.503. The van der Waals surface area contributed by atoms with Gasteiger partial charge in [0.05, 0.1) is 6.54 Å². The lowest BCUT2D eigenvalue weighted by molar-refractivity contribution is -0.129. The van der Waals surface area contributed by atoms with E-state index in [0.29, 0.717) is 10.6 Å². The van der Waals surface area contributed by atoms with Crippen LogP contribution in [0.25, 0.3) is 0 Å². The zero-order valence-corrected chi connectivity index (χ0v) is 10.9. The van der Waals surface area contributed by atoms with Crippen molar-refractivity contribution in [3.8, 4) is 0 Å². The maximum atomic E-state index is 12.0. The van der Waals surface area contributed by atoms with Crippen molar-refractivity contribution >= 4 is 23.4 Å². The van der Waals surface area contributed by atoms with E-state index in [1.54, 1.807) is 45.4 Å². The molecule has 0 saturated heterocycles. The lowest BCUT2D eigenvalue weighted by Crippen LogP contribution is -2.37. The van der Waals surface area contributed by atoms with Gasteiger partial charge in [0.15, 0.2) is 0 Å². The van der Waals surface area contributed by atoms with E-state index in [4.69, 9.17) is 11.6 Å². The third-order valence-electron chi connectivity index (χ3n) is 2.29. The van der Waals surface area contributed by atoms with Gasteiger partial charge in [0.2, 0.25) is 5.91 Å². The summed E-state index contributed by atoms with van der Waals surface area (Å²) in [7, 11) is 4.89. The van der Waals surface area contributed by atoms with Crippen molar-refractivity contribution in [1.82, 2.24) is 9.80 Å². The Kier molecular flexibility index (Phi) is 4.52. The molecular formula is C12H15ClN2O2. The van der Waals surface area contributed by atoms with Crippen molar-refractivity contribution in [2.75, 3.05) is 27.7 Å². The fourth-order valence-corrected chi connectivity index (χ4v) is 1.45. The van der Waals surface area contributed by atoms with Crippen LogP contribution in [0.15, 0.2) is 24.3 Å². The average molecular weight is 255 g/mol. The number of halogens is 1. The molecular weight excluding hydrogens is 240 g/mol. The Morgan fingerprint density at radius 1 is 1.24 bits per heavy atom. The molecule has 92 valence electrons. The summed E-state index contributed by atoms with van der Waals surface area (Å²) < 4.78 is 0. The quantitative estimate of drug-likeness (QED) is 0.820. The maximum Gasteiger partial charge on any atom is 0.254 e. The highest BCUT2D eigenvalue weighted by Gasteiger charge is 2.15. The van der Waals surface area contributed by atoms with Crippen LogP contribution in [-0.4, -0.2) is 49.3 Å². The Balaban J connectivity index is 2.73. The van der Waals surface area contributed by atoms with Gasteiger partial charge in [0.25, 0.3) is 5.91 Å². The van der Waals surface area contributed by atoms with Gasteiger partial charge in [-0.05, 0) is 18.2 Å². The normalized spacial score (nSPS) is 9.88. The number of hydrogen-bond acceptors (Lipinski definition) is 2. The summed E-state index contributed by atoms with van der Waals surface area (Å²) in [6.07, 6.45) is 0. The molecule has 4 nitrogen and oxygen atoms in total. The first-order valence-electron chi connectivity index (χ1n) is 5.13. The molecule has 0 N–H and O–H groups in total. The van der Waals surface area contributed by atoms with Crippen LogP contribution in [0.2, 0.25) is 5.02 Å². The Hall–Kier alpha value is -1.55. The number of likely N-dealkylation sites (N-methyl/N-ethyl adjacent to an activating group) is 2. The predicted octanol–water partition coefficient (Wildman–Crippen LogP) is 1.50. The zero-order valence-electron chi connectivity index (χ0n) is 10.1. The van der Waals surface area contributed by atoms with E-state index >= 15 is 0 Å². The van der Waals surface area contributed by atoms with Gasteiger partial charge in [-0.15, -0.1) is 0 Å². The molecule has 0 aliphatic rings. The molecule has 0 atom stereocenters. The fraction of sp³-hybridized carbons (Fsp3) is 0.333. The molecule has 0 aliphatic heterocycles. The van der Waals surface area contributed by atoms with Gasteiger partial charge < -0.3 is 9.80 Å². The molecule has 1 aromatic carbocycles. The summed E-state index contributed by atoms with van der Waals surface area (Å²) in [4.78, 5) is 26.2. The zero-order chi connectivity index (χ0) is 13.0. The summed E-state index contributed by atoms with van der Waals surface area (Å²) in [5.74, 6) is -0.342. The number of carbonyl (C=O) groups excluding carboxylic acids is 2. The molecule has 2 amide bonds. The van der Waals surface area contributed by atoms with Gasteiger partial charge in [-0.25, -0.2) is 0 Å². The van der Waals surface area contributed by atoms with Crippen molar-refractivity contribution in [3.63, 3.8) is 0 Å². The van der Waals surface area contributed by atoms with Gasteiger partial charge in [-0.2, -0.15) is 0 Å². The fourth-order valence-electron chi connectivity index (χ4n) is 1.26. The maximum absolute atomic E-state index is 12.0. The molecule has 5 heteroatoms. The SMILES string of the molecule is CN(C)C(=O)CN(C)C(=O)c1cccc(Cl)c1. The minimum absolute atomic E-state index is 0.0539. The van der Waals surface area contributed by atoms with Crippen LogP contribution >= 0.6 is 11.6 Å². The molecule has 0 aromatic heterocycles. The van der Waals surface area contributed by atoms with E-state index in [2.05, 4.69) is 0 Å². The van der Waals surface area contributed by atoms with E-state index in [0.717, 1.165) is 0 Å². The number of rotatable bonds is 3. The van der Waals surface area contributed by atoms with Crippen LogP contribution in [0.5, 0.6) is 0 Å². The van der Waals surface area contributed by atoms with E-state index in [9.17, 15) is 9.59 Å². The van der Waals surface area contributed by atoms with Crippen LogP contribution in [0, 0.1) is 0 Å². The Morgan fingerprint density at radius 3 is 2.41 bits per heavy atom. The summed E-state index contributed by atoms with van der Waals surface area (Å²) in [6.45, 7) is 0.0539. The van der Waals surface area contributed by atoms with Crippen molar-refractivity contribution < 1.29 is 9.59 Å². The van der Waals surface area contributed by atoms with Crippen LogP contribution in [0.1, 0.15) is 10.4 Å². The molecule has 17 heavy (non-hydrogen) atoms. The second kappa shape index (κ2) is 5.68. The predicted molar refractivity (Wildman–Crippen MR) is 67.1 cm³/mol. The first-order valence-corrected chi connectivity index (χ1v) is 5.51. The minimum Gasteiger partial charge on any atom is -0.347 e. The van der Waals surface area contributed by atoms with E-state index in [-0.39, 0.29) is 18.4 Å². The van der Waals surface area contributed by atoms with E-state index in [1.807, 2.05) is 0 Å². The van der Waals surface area contributed by atoms with Gasteiger partial charge in [-0.1, -0.05) is 17.7 Å². The molecule has 0 aliphatic carbocycles. The third-order valence-corrected chi connectivity index (χ3v) is 2.52. The van der Waals surface area contributed by atoms with Crippen molar-refractivity contribution in [2.24, 2.45) is 0 Å². The number of carbonyl (C=O) groups is 2. The Bertz CT molecular complexity index is 432. The Labute approximate surface area is 106 Å². The lowest BCUT2D eigenvalue weighted by Gasteiger charge is -2.19. The Morgan fingerprint density at radius 2 is 1.88 bits per heavy atom. The molecule has 0 unspecified atom stereocenters. The number of amides is 2. The van der Waals surface area contributed by atoms with Gasteiger partial charge in [0.1, 0.15) is 0 Å². The molecule has 0 spiro atoms. The second-order valence-electron chi connectivity index (χ2n) is 3.96. The highest BCUT2D eigenvalue weighted by Crippen LogP contribution is 2.12. The molecule has 1 rings (SSSR count). The first-order chi connectivity index (χ1) is 7.91. The molecule has 1 aromatic rings. The van der Waals surface area contributed by atoms with Gasteiger partial charge in [-0.3, -0.25) is 9.59 Å². The number of benzene rings is 1. The summed E-state index contributed by atoms with van der Waals surface area (Å²) >= 11 is 5.80. The van der Waals surface area contributed by atoms with Crippen LogP contribution in [0.4, 0.5) is 0 Å². The lowest BCUT2D eigenvalue weighted by atomic mass is 10.2. The number of hydrogen-bond donors (Lipinski definition) is 0. The largest absolute Gasteiger partial charge is 0.347 e. The topological polar surface area (TPSA) is 40.6 Å². The first kappa shape index (κ1) is 13.5. The van der Waals surface area contributed by atoms with Crippen LogP contribution < -0.4 is 0 Å². The highest BCUT2D eigenvalue weighted by atomic mass is 35.5. The second-order valence-corrected chi connectivity index (χ2v) is 4.40. The highest BCUT2D eigenvalue weighted by molar-refractivity contribution is 6.30. The summed E-state index contributed by atoms with van der Waals surface area (Å²) in [6, 6.07) is 6.66. The number of nitrogens with zero attached hydrogens (tertiary/aromatic N) is 2. The molecule has 0 saturated carbocycles. The average Bonchev–Trinajstić information content (AvgIpc) is 2.27. The standard InChI is InChI=1S/C12H15ClN2O2/c1-14(2)11(16)8-15(3)12(17)9-5-4-6-10(13)7-9/h4-7H,8H2,1-3H3. The van der Waals surface area contributed by atoms with Crippen LogP contribution in [0.3, 0.4) is 0 Å². The monoisotopic (exact) mass is 254 g/mol. The smallest absolute Gasteiger partial charge is 0.254 e. The third kappa shape index (κ3) is 3.75. The van der Waals surface area contributed by atoms with Crippen molar-refractivity contribution in [1.29, 1.82) is 0 Å². The minimum atomic E-state index is -0.220. The van der Waals surface area contributed by atoms with Crippen molar-refractivity contribution in [3.05, 3.63) is 34.9 Å². The molecule has 0 bridgehead atoms. The van der Waals surface area contributed by atoms with Gasteiger partial charge >= 0.3 is 0 Å². The summed E-state index contributed by atoms with van der Waals surface area (Å²) in [5.41, 5.74) is 0.478. The van der Waals surface area contributed by atoms with Gasteiger partial charge in [0, 0.05) is 31.7 Å².